The third-order valence-corrected chi connectivity index (χ3v) is 14.3. The summed E-state index contributed by atoms with van der Waals surface area (Å²) in [4.78, 5) is 2.46. The van der Waals surface area contributed by atoms with Crippen LogP contribution in [0.4, 0.5) is 11.4 Å². The Labute approximate surface area is 377 Å². The van der Waals surface area contributed by atoms with E-state index in [0.29, 0.717) is 0 Å². The van der Waals surface area contributed by atoms with Crippen molar-refractivity contribution in [2.45, 2.75) is 44.4 Å². The molecule has 0 fully saturated rings. The maximum absolute atomic E-state index is 2.54. The van der Waals surface area contributed by atoms with Crippen LogP contribution < -0.4 is 4.90 Å². The van der Waals surface area contributed by atoms with Gasteiger partial charge in [0.25, 0.3) is 0 Å². The minimum absolute atomic E-state index is 0.161. The second-order valence-corrected chi connectivity index (χ2v) is 18.3. The van der Waals surface area contributed by atoms with Crippen molar-refractivity contribution in [3.05, 3.63) is 246 Å². The van der Waals surface area contributed by atoms with Crippen LogP contribution in [-0.4, -0.2) is 0 Å². The zero-order valence-electron chi connectivity index (χ0n) is 36.4. The molecule has 3 aliphatic rings. The Morgan fingerprint density at radius 1 is 0.516 bits per heavy atom. The lowest BCUT2D eigenvalue weighted by Crippen LogP contribution is -2.19. The topological polar surface area (TPSA) is 3.24 Å². The molecule has 0 bridgehead atoms. The summed E-state index contributed by atoms with van der Waals surface area (Å²) in [5.41, 5.74) is 20.8. The van der Waals surface area contributed by atoms with Crippen molar-refractivity contribution >= 4 is 39.0 Å². The molecule has 1 unspecified atom stereocenters. The van der Waals surface area contributed by atoms with Gasteiger partial charge in [-0.2, -0.15) is 0 Å². The van der Waals surface area contributed by atoms with E-state index < -0.39 is 0 Å². The summed E-state index contributed by atoms with van der Waals surface area (Å²) in [5, 5.41) is 5.31. The van der Waals surface area contributed by atoms with Gasteiger partial charge in [-0.05, 0) is 150 Å². The van der Waals surface area contributed by atoms with Crippen LogP contribution >= 0.6 is 0 Å². The first-order chi connectivity index (χ1) is 31.5. The van der Waals surface area contributed by atoms with E-state index in [2.05, 4.69) is 237 Å². The van der Waals surface area contributed by atoms with Gasteiger partial charge >= 0.3 is 0 Å². The Morgan fingerprint density at radius 2 is 1.12 bits per heavy atom. The smallest absolute Gasteiger partial charge is 0.0461 e. The maximum atomic E-state index is 2.54. The SMILES string of the molecule is CC1(C)c2cc(C3C=Cc4c(c5ccccc5c5c(-c6ccccc6)cc(-c6ccccc6)c(-c6ccccc6)c45)C3)ccc2-c2ccc(N(C3=CC=CCC3)c3ccccc3)cc21. The molecule has 0 radical (unpaired) electrons. The molecule has 1 heteroatoms. The van der Waals surface area contributed by atoms with E-state index >= 15 is 0 Å². The number of anilines is 2. The molecule has 0 aromatic heterocycles. The molecule has 1 nitrogen and oxygen atoms in total. The number of nitrogens with zero attached hydrogens (tertiary/aromatic N) is 1. The van der Waals surface area contributed by atoms with Gasteiger partial charge in [0.05, 0.1) is 0 Å². The molecule has 0 heterocycles. The predicted molar refractivity (Wildman–Crippen MR) is 272 cm³/mol. The van der Waals surface area contributed by atoms with E-state index in [9.17, 15) is 0 Å². The molecule has 0 aliphatic heterocycles. The average Bonchev–Trinajstić information content (AvgIpc) is 3.59. The summed E-state index contributed by atoms with van der Waals surface area (Å²) in [6.07, 6.45) is 14.7. The summed E-state index contributed by atoms with van der Waals surface area (Å²) in [5.74, 6) is 0.236. The van der Waals surface area contributed by atoms with Crippen molar-refractivity contribution in [1.82, 2.24) is 0 Å². The average molecular weight is 820 g/mol. The molecule has 0 amide bonds. The van der Waals surface area contributed by atoms with E-state index in [0.717, 1.165) is 19.3 Å². The van der Waals surface area contributed by atoms with Crippen LogP contribution in [0.15, 0.2) is 218 Å². The molecule has 0 saturated heterocycles. The van der Waals surface area contributed by atoms with Crippen LogP contribution in [0, 0.1) is 0 Å². The number of para-hydroxylation sites is 1. The van der Waals surface area contributed by atoms with Crippen LogP contribution in [-0.2, 0) is 11.8 Å². The Hall–Kier alpha value is -7.48. The fourth-order valence-electron chi connectivity index (χ4n) is 11.2. The van der Waals surface area contributed by atoms with Gasteiger partial charge in [-0.3, -0.25) is 0 Å². The van der Waals surface area contributed by atoms with Crippen LogP contribution in [0.25, 0.3) is 72.1 Å². The zero-order valence-corrected chi connectivity index (χ0v) is 36.4. The van der Waals surface area contributed by atoms with Crippen molar-refractivity contribution in [3.63, 3.8) is 0 Å². The Kier molecular flexibility index (Phi) is 9.20. The van der Waals surface area contributed by atoms with Gasteiger partial charge in [0.1, 0.15) is 0 Å². The van der Waals surface area contributed by atoms with Crippen LogP contribution in [0.5, 0.6) is 0 Å². The molecule has 64 heavy (non-hydrogen) atoms. The highest BCUT2D eigenvalue weighted by Gasteiger charge is 2.37. The Balaban J connectivity index is 1.01. The summed E-state index contributed by atoms with van der Waals surface area (Å²) in [6, 6.07) is 70.1. The van der Waals surface area contributed by atoms with Crippen molar-refractivity contribution in [1.29, 1.82) is 0 Å². The summed E-state index contributed by atoms with van der Waals surface area (Å²) in [6.45, 7) is 4.85. The number of hydrogen-bond donors (Lipinski definition) is 0. The maximum Gasteiger partial charge on any atom is 0.0461 e. The van der Waals surface area contributed by atoms with Crippen molar-refractivity contribution < 1.29 is 0 Å². The fourth-order valence-corrected chi connectivity index (χ4v) is 11.2. The third-order valence-electron chi connectivity index (χ3n) is 14.3. The molecule has 0 spiro atoms. The van der Waals surface area contributed by atoms with Gasteiger partial charge in [0.2, 0.25) is 0 Å². The molecular weight excluding hydrogens is 771 g/mol. The lowest BCUT2D eigenvalue weighted by atomic mass is 9.75. The van der Waals surface area contributed by atoms with E-state index in [1.165, 1.54) is 111 Å². The van der Waals surface area contributed by atoms with Gasteiger partial charge in [0, 0.05) is 28.4 Å². The number of allylic oxidation sites excluding steroid dienone is 5. The molecule has 9 aromatic carbocycles. The lowest BCUT2D eigenvalue weighted by molar-refractivity contribution is 0.657. The normalized spacial score (nSPS) is 15.7. The summed E-state index contributed by atoms with van der Waals surface area (Å²) < 4.78 is 0. The minimum atomic E-state index is -0.161. The number of fused-ring (bicyclic) bond motifs is 9. The zero-order chi connectivity index (χ0) is 42.8. The molecule has 12 rings (SSSR count). The number of hydrogen-bond acceptors (Lipinski definition) is 1. The van der Waals surface area contributed by atoms with E-state index in [1.807, 2.05) is 0 Å². The number of rotatable bonds is 7. The fraction of sp³-hybridized carbons (Fsp3) is 0.111. The Bertz CT molecular complexity index is 3350. The lowest BCUT2D eigenvalue weighted by Gasteiger charge is -2.30. The molecule has 0 saturated carbocycles. The highest BCUT2D eigenvalue weighted by molar-refractivity contribution is 6.24. The highest BCUT2D eigenvalue weighted by Crippen LogP contribution is 2.53. The molecule has 3 aliphatic carbocycles. The van der Waals surface area contributed by atoms with Gasteiger partial charge in [-0.25, -0.2) is 0 Å². The standard InChI is InChI=1S/C63H49N/c1-63(2)58-39-46(32-35-51(58)52-37-34-49(40-59(52)63)64(47-26-14-6-15-27-47)48-28-16-7-17-29-48)45-33-36-54-57(38-45)50-30-18-19-31-53(50)61-56(43-22-10-4-11-23-43)41-55(42-20-8-3-9-21-42)60(62(54)61)44-24-12-5-13-25-44/h3-16,18-28,30-37,39-41,45H,17,29,38H2,1-2H3. The largest absolute Gasteiger partial charge is 0.314 e. The molecule has 0 N–H and O–H groups in total. The third kappa shape index (κ3) is 6.21. The van der Waals surface area contributed by atoms with Crippen molar-refractivity contribution in [3.8, 4) is 44.5 Å². The monoisotopic (exact) mass is 819 g/mol. The van der Waals surface area contributed by atoms with Crippen molar-refractivity contribution in [2.24, 2.45) is 0 Å². The molecule has 9 aromatic rings. The Morgan fingerprint density at radius 3 is 1.81 bits per heavy atom. The number of benzene rings is 9. The highest BCUT2D eigenvalue weighted by atomic mass is 15.1. The summed E-state index contributed by atoms with van der Waals surface area (Å²) >= 11 is 0. The molecule has 306 valence electrons. The van der Waals surface area contributed by atoms with Gasteiger partial charge in [-0.1, -0.05) is 196 Å². The first-order valence-electron chi connectivity index (χ1n) is 22.9. The minimum Gasteiger partial charge on any atom is -0.314 e. The van der Waals surface area contributed by atoms with E-state index in [1.54, 1.807) is 0 Å². The van der Waals surface area contributed by atoms with Gasteiger partial charge < -0.3 is 4.90 Å². The first kappa shape index (κ1) is 38.2. The van der Waals surface area contributed by atoms with E-state index in [-0.39, 0.29) is 11.3 Å². The van der Waals surface area contributed by atoms with Gasteiger partial charge in [0.15, 0.2) is 0 Å². The van der Waals surface area contributed by atoms with Crippen LogP contribution in [0.2, 0.25) is 0 Å². The van der Waals surface area contributed by atoms with Crippen molar-refractivity contribution in [2.75, 3.05) is 4.90 Å². The van der Waals surface area contributed by atoms with Gasteiger partial charge in [-0.15, -0.1) is 0 Å². The van der Waals surface area contributed by atoms with Crippen LogP contribution in [0.3, 0.4) is 0 Å². The van der Waals surface area contributed by atoms with Crippen LogP contribution in [0.1, 0.15) is 60.4 Å². The molecule has 1 atom stereocenters. The molecular formula is C63H49N. The summed E-state index contributed by atoms with van der Waals surface area (Å²) in [7, 11) is 0. The first-order valence-corrected chi connectivity index (χ1v) is 22.9. The predicted octanol–water partition coefficient (Wildman–Crippen LogP) is 17.0. The van der Waals surface area contributed by atoms with E-state index in [4.69, 9.17) is 0 Å². The second-order valence-electron chi connectivity index (χ2n) is 18.3. The second kappa shape index (κ2) is 15.4. The quantitative estimate of drug-likeness (QED) is 0.145.